The molecule has 0 fully saturated rings. The van der Waals surface area contributed by atoms with Crippen LogP contribution in [0.5, 0.6) is 0 Å². The van der Waals surface area contributed by atoms with E-state index >= 15 is 0 Å². The van der Waals surface area contributed by atoms with E-state index in [1.165, 1.54) is 36.7 Å². The Balaban J connectivity index is 2.30. The second kappa shape index (κ2) is 5.98. The summed E-state index contributed by atoms with van der Waals surface area (Å²) in [4.78, 5) is 10.3. The molecule has 7 nitrogen and oxygen atoms in total. The molecule has 0 amide bonds. The van der Waals surface area contributed by atoms with Crippen LogP contribution in [0, 0.1) is 0 Å². The zero-order valence-corrected chi connectivity index (χ0v) is 12.0. The smallest absolute Gasteiger partial charge is 0.328 e. The summed E-state index contributed by atoms with van der Waals surface area (Å²) < 4.78 is 26.6. The molecule has 1 heterocycles. The Labute approximate surface area is 125 Å². The minimum Gasteiger partial charge on any atom is -0.478 e. The highest BCUT2D eigenvalue weighted by Crippen LogP contribution is 2.25. The van der Waals surface area contributed by atoms with Crippen LogP contribution in [0.4, 0.5) is 5.69 Å². The molecule has 0 saturated heterocycles. The Morgan fingerprint density at radius 1 is 1.43 bits per heavy atom. The first-order valence-corrected chi connectivity index (χ1v) is 7.47. The number of rotatable bonds is 5. The Kier molecular flexibility index (Phi) is 4.29. The van der Waals surface area contributed by atoms with Crippen molar-refractivity contribution in [3.8, 4) is 0 Å². The molecule has 0 aliphatic heterocycles. The number of halogens is 1. The number of carboxylic acid groups (broad SMARTS) is 1. The molecule has 2 rings (SSSR count). The third-order valence-corrected chi connectivity index (χ3v) is 4.28. The molecule has 1 aromatic heterocycles. The van der Waals surface area contributed by atoms with E-state index < -0.39 is 16.0 Å². The normalized spacial score (nSPS) is 11.7. The number of nitrogens with one attached hydrogen (secondary N) is 2. The van der Waals surface area contributed by atoms with Gasteiger partial charge in [0.25, 0.3) is 10.0 Å². The first-order chi connectivity index (χ1) is 9.88. The fourth-order valence-electron chi connectivity index (χ4n) is 1.52. The quantitative estimate of drug-likeness (QED) is 0.727. The van der Waals surface area contributed by atoms with Crippen molar-refractivity contribution in [3.63, 3.8) is 0 Å². The number of hydrogen-bond donors (Lipinski definition) is 3. The number of benzene rings is 1. The second-order valence-electron chi connectivity index (χ2n) is 3.95. The van der Waals surface area contributed by atoms with Crippen LogP contribution < -0.4 is 4.72 Å². The number of aromatic nitrogens is 2. The third-order valence-electron chi connectivity index (χ3n) is 2.41. The molecule has 0 radical (unpaired) electrons. The molecule has 1 aromatic carbocycles. The van der Waals surface area contributed by atoms with Gasteiger partial charge in [0.15, 0.2) is 0 Å². The summed E-state index contributed by atoms with van der Waals surface area (Å²) in [7, 11) is -3.84. The number of carboxylic acids is 1. The standard InChI is InChI=1S/C12H10ClN3O4S/c13-10-5-8(2-4-12(17)18)1-3-11(10)21(19,20)16-9-6-14-15-7-9/h1-7,16H,(H,14,15)(H,17,18). The number of aromatic amines is 1. The monoisotopic (exact) mass is 327 g/mol. The summed E-state index contributed by atoms with van der Waals surface area (Å²) >= 11 is 5.95. The SMILES string of the molecule is O=C(O)C=Cc1ccc(S(=O)(=O)Nc2cn[nH]c2)c(Cl)c1. The number of aliphatic carboxylic acids is 1. The Bertz CT molecular complexity index is 785. The highest BCUT2D eigenvalue weighted by atomic mass is 35.5. The molecule has 0 aliphatic rings. The van der Waals surface area contributed by atoms with Gasteiger partial charge in [0.05, 0.1) is 16.9 Å². The van der Waals surface area contributed by atoms with Crippen molar-refractivity contribution >= 4 is 39.4 Å². The average Bonchev–Trinajstić information content (AvgIpc) is 2.88. The molecular formula is C12H10ClN3O4S. The van der Waals surface area contributed by atoms with Crippen LogP contribution >= 0.6 is 11.6 Å². The molecule has 0 atom stereocenters. The molecule has 3 N–H and O–H groups in total. The molecule has 0 aliphatic carbocycles. The van der Waals surface area contributed by atoms with E-state index in [0.29, 0.717) is 5.56 Å². The van der Waals surface area contributed by atoms with Gasteiger partial charge >= 0.3 is 5.97 Å². The Morgan fingerprint density at radius 3 is 2.76 bits per heavy atom. The fraction of sp³-hybridized carbons (Fsp3) is 0. The van der Waals surface area contributed by atoms with Crippen molar-refractivity contribution in [1.29, 1.82) is 0 Å². The number of anilines is 1. The van der Waals surface area contributed by atoms with Gasteiger partial charge in [-0.25, -0.2) is 13.2 Å². The lowest BCUT2D eigenvalue weighted by Crippen LogP contribution is -2.13. The van der Waals surface area contributed by atoms with Crippen LogP contribution in [-0.4, -0.2) is 29.7 Å². The number of sulfonamides is 1. The van der Waals surface area contributed by atoms with Gasteiger partial charge in [-0.2, -0.15) is 5.10 Å². The van der Waals surface area contributed by atoms with E-state index in [4.69, 9.17) is 16.7 Å². The van der Waals surface area contributed by atoms with Gasteiger partial charge in [-0.05, 0) is 23.8 Å². The summed E-state index contributed by atoms with van der Waals surface area (Å²) in [6.45, 7) is 0. The third kappa shape index (κ3) is 3.83. The van der Waals surface area contributed by atoms with Crippen LogP contribution in [-0.2, 0) is 14.8 Å². The summed E-state index contributed by atoms with van der Waals surface area (Å²) in [6, 6.07) is 4.12. The van der Waals surface area contributed by atoms with Gasteiger partial charge in [0.1, 0.15) is 4.90 Å². The van der Waals surface area contributed by atoms with Crippen molar-refractivity contribution in [1.82, 2.24) is 10.2 Å². The summed E-state index contributed by atoms with van der Waals surface area (Å²) in [6.07, 6.45) is 4.95. The lowest BCUT2D eigenvalue weighted by atomic mass is 10.2. The van der Waals surface area contributed by atoms with E-state index in [2.05, 4.69) is 14.9 Å². The molecule has 0 saturated carbocycles. The number of carbonyl (C=O) groups is 1. The van der Waals surface area contributed by atoms with E-state index in [1.54, 1.807) is 0 Å². The summed E-state index contributed by atoms with van der Waals surface area (Å²) in [5.74, 6) is -1.11. The largest absolute Gasteiger partial charge is 0.478 e. The number of H-pyrrole nitrogens is 1. The minimum atomic E-state index is -3.84. The van der Waals surface area contributed by atoms with E-state index in [1.807, 2.05) is 0 Å². The maximum Gasteiger partial charge on any atom is 0.328 e. The molecule has 2 aromatic rings. The van der Waals surface area contributed by atoms with Gasteiger partial charge < -0.3 is 5.11 Å². The molecule has 21 heavy (non-hydrogen) atoms. The first-order valence-electron chi connectivity index (χ1n) is 5.60. The van der Waals surface area contributed by atoms with Crippen LogP contribution in [0.15, 0.2) is 41.6 Å². The van der Waals surface area contributed by atoms with Gasteiger partial charge in [-0.1, -0.05) is 17.7 Å². The summed E-state index contributed by atoms with van der Waals surface area (Å²) in [5, 5.41) is 14.6. The predicted octanol–water partition coefficient (Wildman–Crippen LogP) is 1.96. The topological polar surface area (TPSA) is 112 Å². The zero-order valence-electron chi connectivity index (χ0n) is 10.4. The van der Waals surface area contributed by atoms with Gasteiger partial charge in [0, 0.05) is 12.3 Å². The highest BCUT2D eigenvalue weighted by Gasteiger charge is 2.18. The van der Waals surface area contributed by atoms with Crippen LogP contribution in [0.3, 0.4) is 0 Å². The van der Waals surface area contributed by atoms with Crippen molar-refractivity contribution in [2.45, 2.75) is 4.90 Å². The summed E-state index contributed by atoms with van der Waals surface area (Å²) in [5.41, 5.74) is 0.755. The minimum absolute atomic E-state index is 0.0152. The molecule has 110 valence electrons. The second-order valence-corrected chi connectivity index (χ2v) is 6.01. The van der Waals surface area contributed by atoms with Crippen molar-refractivity contribution in [2.24, 2.45) is 0 Å². The van der Waals surface area contributed by atoms with Crippen LogP contribution in [0.2, 0.25) is 5.02 Å². The molecule has 0 spiro atoms. The maximum absolute atomic E-state index is 12.1. The van der Waals surface area contributed by atoms with Crippen molar-refractivity contribution in [2.75, 3.05) is 4.72 Å². The molecular weight excluding hydrogens is 318 g/mol. The molecule has 0 unspecified atom stereocenters. The fourth-order valence-corrected chi connectivity index (χ4v) is 3.11. The van der Waals surface area contributed by atoms with E-state index in [0.717, 1.165) is 6.08 Å². The molecule has 0 bridgehead atoms. The van der Waals surface area contributed by atoms with E-state index in [9.17, 15) is 13.2 Å². The van der Waals surface area contributed by atoms with E-state index in [-0.39, 0.29) is 15.6 Å². The maximum atomic E-state index is 12.1. The molecule has 9 heteroatoms. The zero-order chi connectivity index (χ0) is 15.5. The van der Waals surface area contributed by atoms with Gasteiger partial charge in [0.2, 0.25) is 0 Å². The first kappa shape index (κ1) is 15.1. The lowest BCUT2D eigenvalue weighted by molar-refractivity contribution is -0.131. The van der Waals surface area contributed by atoms with Crippen molar-refractivity contribution < 1.29 is 18.3 Å². The van der Waals surface area contributed by atoms with Gasteiger partial charge in [-0.15, -0.1) is 0 Å². The van der Waals surface area contributed by atoms with Gasteiger partial charge in [-0.3, -0.25) is 9.82 Å². The van der Waals surface area contributed by atoms with Crippen molar-refractivity contribution in [3.05, 3.63) is 47.3 Å². The van der Waals surface area contributed by atoms with Crippen LogP contribution in [0.1, 0.15) is 5.56 Å². The van der Waals surface area contributed by atoms with Crippen LogP contribution in [0.25, 0.3) is 6.08 Å². The number of hydrogen-bond acceptors (Lipinski definition) is 4. The predicted molar refractivity (Wildman–Crippen MR) is 77.5 cm³/mol. The Morgan fingerprint density at radius 2 is 2.19 bits per heavy atom. The number of nitrogens with zero attached hydrogens (tertiary/aromatic N) is 1. The highest BCUT2D eigenvalue weighted by molar-refractivity contribution is 7.92. The average molecular weight is 328 g/mol. The lowest BCUT2D eigenvalue weighted by Gasteiger charge is -2.08. The Hall–Kier alpha value is -2.32.